The van der Waals surface area contributed by atoms with Crippen LogP contribution in [0.2, 0.25) is 0 Å². The first-order valence-corrected chi connectivity index (χ1v) is 12.7. The van der Waals surface area contributed by atoms with E-state index in [-0.39, 0.29) is 16.7 Å². The number of rotatable bonds is 3. The molecule has 0 radical (unpaired) electrons. The van der Waals surface area contributed by atoms with Gasteiger partial charge < -0.3 is 10.2 Å². The Hall–Kier alpha value is -3.65. The lowest BCUT2D eigenvalue weighted by Gasteiger charge is -2.29. The van der Waals surface area contributed by atoms with Crippen LogP contribution in [0, 0.1) is 0 Å². The maximum absolute atomic E-state index is 13.2. The maximum Gasteiger partial charge on any atom is 0.264 e. The number of piperidine rings is 1. The lowest BCUT2D eigenvalue weighted by molar-refractivity contribution is 0.0725. The highest BCUT2D eigenvalue weighted by Gasteiger charge is 2.32. The summed E-state index contributed by atoms with van der Waals surface area (Å²) < 4.78 is 27.0. The second-order valence-corrected chi connectivity index (χ2v) is 10.5. The molecule has 3 aromatic rings. The minimum Gasteiger partial charge on any atom is -0.339 e. The number of nitrogens with one attached hydrogen (secondary N) is 1. The molecule has 34 heavy (non-hydrogen) atoms. The number of sulfonamides is 1. The zero-order valence-corrected chi connectivity index (χ0v) is 19.6. The Morgan fingerprint density at radius 1 is 0.853 bits per heavy atom. The SMILES string of the molecule is CN1c2ccc(C(=O)Nc3ccccc3C(=O)N3CCCCC3)cc2-c2ccccc2S1(=O)=O. The number of hydrogen-bond acceptors (Lipinski definition) is 4. The molecule has 174 valence electrons. The third-order valence-corrected chi connectivity index (χ3v) is 8.29. The number of likely N-dealkylation sites (tertiary alicyclic amines) is 1. The zero-order valence-electron chi connectivity index (χ0n) is 18.8. The molecule has 2 heterocycles. The second kappa shape index (κ2) is 8.61. The molecular weight excluding hydrogens is 450 g/mol. The monoisotopic (exact) mass is 475 g/mol. The van der Waals surface area contributed by atoms with Gasteiger partial charge in [0.25, 0.3) is 21.8 Å². The van der Waals surface area contributed by atoms with E-state index in [2.05, 4.69) is 5.32 Å². The van der Waals surface area contributed by atoms with Crippen molar-refractivity contribution in [3.8, 4) is 11.1 Å². The van der Waals surface area contributed by atoms with Crippen LogP contribution < -0.4 is 9.62 Å². The Kier molecular flexibility index (Phi) is 5.61. The maximum atomic E-state index is 13.2. The normalized spacial score (nSPS) is 16.4. The van der Waals surface area contributed by atoms with E-state index >= 15 is 0 Å². The van der Waals surface area contributed by atoms with Crippen molar-refractivity contribution in [2.75, 3.05) is 29.8 Å². The van der Waals surface area contributed by atoms with Crippen LogP contribution in [0.5, 0.6) is 0 Å². The average Bonchev–Trinajstić information content (AvgIpc) is 2.87. The lowest BCUT2D eigenvalue weighted by atomic mass is 10.00. The van der Waals surface area contributed by atoms with Crippen LogP contribution in [-0.2, 0) is 10.0 Å². The molecule has 2 amide bonds. The summed E-state index contributed by atoms with van der Waals surface area (Å²) in [6.45, 7) is 1.45. The van der Waals surface area contributed by atoms with Crippen LogP contribution in [0.15, 0.2) is 71.6 Å². The Balaban J connectivity index is 1.47. The van der Waals surface area contributed by atoms with Crippen LogP contribution >= 0.6 is 0 Å². The van der Waals surface area contributed by atoms with Gasteiger partial charge in [-0.1, -0.05) is 30.3 Å². The van der Waals surface area contributed by atoms with Gasteiger partial charge in [0.05, 0.1) is 21.8 Å². The standard InChI is InChI=1S/C26H25N3O4S/c1-28-23-14-13-18(17-21(23)19-9-4-6-12-24(19)34(28,32)33)25(30)27-22-11-5-3-10-20(22)26(31)29-15-7-2-8-16-29/h3-6,9-14,17H,2,7-8,15-16H2,1H3,(H,27,30). The number of benzene rings is 3. The van der Waals surface area contributed by atoms with E-state index in [0.29, 0.717) is 33.6 Å². The van der Waals surface area contributed by atoms with E-state index in [0.717, 1.165) is 32.4 Å². The molecule has 0 aliphatic carbocycles. The number of anilines is 2. The fourth-order valence-electron chi connectivity index (χ4n) is 4.60. The first-order chi connectivity index (χ1) is 16.4. The van der Waals surface area contributed by atoms with Gasteiger partial charge in [-0.2, -0.15) is 0 Å². The van der Waals surface area contributed by atoms with E-state index in [9.17, 15) is 18.0 Å². The number of hydrogen-bond donors (Lipinski definition) is 1. The van der Waals surface area contributed by atoms with Crippen molar-refractivity contribution in [3.63, 3.8) is 0 Å². The largest absolute Gasteiger partial charge is 0.339 e. The van der Waals surface area contributed by atoms with E-state index < -0.39 is 10.0 Å². The van der Waals surface area contributed by atoms with Crippen molar-refractivity contribution >= 4 is 33.2 Å². The molecule has 0 spiro atoms. The molecule has 1 fully saturated rings. The number of carbonyl (C=O) groups is 2. The summed E-state index contributed by atoms with van der Waals surface area (Å²) in [6.07, 6.45) is 3.10. The average molecular weight is 476 g/mol. The zero-order chi connectivity index (χ0) is 23.9. The summed E-state index contributed by atoms with van der Waals surface area (Å²) in [4.78, 5) is 28.3. The van der Waals surface area contributed by atoms with Crippen LogP contribution in [0.4, 0.5) is 11.4 Å². The molecule has 0 atom stereocenters. The van der Waals surface area contributed by atoms with Gasteiger partial charge in [0.1, 0.15) is 0 Å². The minimum absolute atomic E-state index is 0.0817. The Morgan fingerprint density at radius 2 is 1.56 bits per heavy atom. The fraction of sp³-hybridized carbons (Fsp3) is 0.231. The molecular formula is C26H25N3O4S. The van der Waals surface area contributed by atoms with Gasteiger partial charge in [0.15, 0.2) is 0 Å². The summed E-state index contributed by atoms with van der Waals surface area (Å²) in [5.74, 6) is -0.447. The third kappa shape index (κ3) is 3.74. The van der Waals surface area contributed by atoms with Gasteiger partial charge >= 0.3 is 0 Å². The van der Waals surface area contributed by atoms with Gasteiger partial charge in [-0.3, -0.25) is 13.9 Å². The van der Waals surface area contributed by atoms with E-state index in [4.69, 9.17) is 0 Å². The molecule has 0 bridgehead atoms. The Morgan fingerprint density at radius 3 is 2.35 bits per heavy atom. The number of para-hydroxylation sites is 1. The van der Waals surface area contributed by atoms with Gasteiger partial charge in [0, 0.05) is 36.8 Å². The van der Waals surface area contributed by atoms with Crippen molar-refractivity contribution in [3.05, 3.63) is 77.9 Å². The summed E-state index contributed by atoms with van der Waals surface area (Å²) in [6, 6.07) is 18.7. The quantitative estimate of drug-likeness (QED) is 0.609. The van der Waals surface area contributed by atoms with Gasteiger partial charge in [0.2, 0.25) is 0 Å². The minimum atomic E-state index is -3.65. The molecule has 1 N–H and O–H groups in total. The molecule has 2 aliphatic heterocycles. The summed E-state index contributed by atoms with van der Waals surface area (Å²) in [5.41, 5.74) is 3.04. The summed E-state index contributed by atoms with van der Waals surface area (Å²) in [7, 11) is -2.14. The molecule has 0 saturated carbocycles. The smallest absolute Gasteiger partial charge is 0.264 e. The van der Waals surface area contributed by atoms with E-state index in [1.165, 1.54) is 11.4 Å². The van der Waals surface area contributed by atoms with Crippen molar-refractivity contribution < 1.29 is 18.0 Å². The first kappa shape index (κ1) is 22.2. The predicted molar refractivity (Wildman–Crippen MR) is 132 cm³/mol. The Bertz CT molecular complexity index is 1390. The number of nitrogens with zero attached hydrogens (tertiary/aromatic N) is 2. The summed E-state index contributed by atoms with van der Waals surface area (Å²) in [5, 5.41) is 2.89. The predicted octanol–water partition coefficient (Wildman–Crippen LogP) is 4.37. The highest BCUT2D eigenvalue weighted by Crippen LogP contribution is 2.42. The fourth-order valence-corrected chi connectivity index (χ4v) is 6.02. The molecule has 1 saturated heterocycles. The highest BCUT2D eigenvalue weighted by atomic mass is 32.2. The molecule has 3 aromatic carbocycles. The molecule has 8 heteroatoms. The molecule has 5 rings (SSSR count). The first-order valence-electron chi connectivity index (χ1n) is 11.3. The number of fused-ring (bicyclic) bond motifs is 3. The van der Waals surface area contributed by atoms with Gasteiger partial charge in [-0.05, 0) is 55.7 Å². The second-order valence-electron chi connectivity index (χ2n) is 8.55. The van der Waals surface area contributed by atoms with Crippen molar-refractivity contribution in [2.24, 2.45) is 0 Å². The van der Waals surface area contributed by atoms with Crippen LogP contribution in [0.25, 0.3) is 11.1 Å². The third-order valence-electron chi connectivity index (χ3n) is 6.46. The van der Waals surface area contributed by atoms with Crippen molar-refractivity contribution in [2.45, 2.75) is 24.2 Å². The van der Waals surface area contributed by atoms with Gasteiger partial charge in [-0.15, -0.1) is 0 Å². The Labute approximate surface area is 199 Å². The van der Waals surface area contributed by atoms with Crippen molar-refractivity contribution in [1.29, 1.82) is 0 Å². The highest BCUT2D eigenvalue weighted by molar-refractivity contribution is 7.93. The van der Waals surface area contributed by atoms with Gasteiger partial charge in [-0.25, -0.2) is 8.42 Å². The van der Waals surface area contributed by atoms with Crippen LogP contribution in [-0.4, -0.2) is 45.3 Å². The topological polar surface area (TPSA) is 86.8 Å². The lowest BCUT2D eigenvalue weighted by Crippen LogP contribution is -2.36. The molecule has 7 nitrogen and oxygen atoms in total. The molecule has 0 unspecified atom stereocenters. The van der Waals surface area contributed by atoms with Crippen molar-refractivity contribution in [1.82, 2.24) is 4.90 Å². The number of amides is 2. The van der Waals surface area contributed by atoms with Crippen LogP contribution in [0.3, 0.4) is 0 Å². The number of carbonyl (C=O) groups excluding carboxylic acids is 2. The van der Waals surface area contributed by atoms with E-state index in [1.807, 2.05) is 4.90 Å². The van der Waals surface area contributed by atoms with E-state index in [1.54, 1.807) is 66.7 Å². The summed E-state index contributed by atoms with van der Waals surface area (Å²) >= 11 is 0. The van der Waals surface area contributed by atoms with Crippen LogP contribution in [0.1, 0.15) is 40.0 Å². The molecule has 0 aromatic heterocycles. The molecule has 2 aliphatic rings.